The lowest BCUT2D eigenvalue weighted by molar-refractivity contribution is -0.121. The molecule has 11 heteroatoms. The van der Waals surface area contributed by atoms with Crippen LogP contribution in [0.2, 0.25) is 0 Å². The fraction of sp³-hybridized carbons (Fsp3) is 0.345. The summed E-state index contributed by atoms with van der Waals surface area (Å²) in [6, 6.07) is 55.1. The summed E-state index contributed by atoms with van der Waals surface area (Å²) in [4.78, 5) is 31.0. The third-order valence-electron chi connectivity index (χ3n) is 12.9. The number of likely N-dealkylation sites (tertiary alicyclic amines) is 1. The first kappa shape index (κ1) is 49.1. The highest BCUT2D eigenvalue weighted by molar-refractivity contribution is 5.97. The molecule has 1 fully saturated rings. The molecule has 0 aromatic heterocycles. The van der Waals surface area contributed by atoms with E-state index in [1.165, 1.54) is 0 Å². The molecule has 6 aromatic rings. The standard InChI is InChI=1S/C58H64N2O9/c1-43(36-64-3)37-65-38-45-25-28-47(29-26-45)56-48(41-69-58(49-19-10-5-11-20-49,50-21-12-6-13-22-50)51-23-14-7-15-24-51)34-59(57(62)68-39-44-17-8-4-9-18-44)35-54(56)66-40-46-27-30-53-52(33-46)60(31-16-32-63-2)55(61)42-67-53/h4-15,17-30,33,43,48,54,56H,16,31-32,34-42H2,1-3H3/t43?,48-,54-,56-/m0/s1. The van der Waals surface area contributed by atoms with Crippen LogP contribution in [0.1, 0.15) is 58.2 Å². The number of carbonyl (C=O) groups is 2. The number of fused-ring (bicyclic) bond motifs is 1. The normalized spacial score (nSPS) is 17.5. The van der Waals surface area contributed by atoms with E-state index in [0.717, 1.165) is 38.9 Å². The molecule has 6 aromatic carbocycles. The minimum Gasteiger partial charge on any atom is -0.482 e. The van der Waals surface area contributed by atoms with Crippen LogP contribution in [-0.4, -0.2) is 89.9 Å². The Morgan fingerprint density at radius 1 is 0.696 bits per heavy atom. The zero-order chi connectivity index (χ0) is 47.8. The summed E-state index contributed by atoms with van der Waals surface area (Å²) in [7, 11) is 3.36. The number of hydrogen-bond donors (Lipinski definition) is 0. The molecular weight excluding hydrogens is 869 g/mol. The highest BCUT2D eigenvalue weighted by Gasteiger charge is 2.44. The predicted octanol–water partition coefficient (Wildman–Crippen LogP) is 10.2. The maximum absolute atomic E-state index is 14.3. The van der Waals surface area contributed by atoms with E-state index in [2.05, 4.69) is 67.6 Å². The summed E-state index contributed by atoms with van der Waals surface area (Å²) in [5.74, 6) is 0.313. The van der Waals surface area contributed by atoms with Gasteiger partial charge in [-0.05, 0) is 57.5 Å². The summed E-state index contributed by atoms with van der Waals surface area (Å²) in [5.41, 5.74) is 6.52. The van der Waals surface area contributed by atoms with Gasteiger partial charge in [0.05, 0.1) is 51.4 Å². The van der Waals surface area contributed by atoms with E-state index >= 15 is 0 Å². The van der Waals surface area contributed by atoms with Crippen molar-refractivity contribution in [1.82, 2.24) is 4.90 Å². The van der Waals surface area contributed by atoms with Crippen LogP contribution in [0.4, 0.5) is 10.5 Å². The summed E-state index contributed by atoms with van der Waals surface area (Å²) in [6.07, 6.45) is -0.244. The van der Waals surface area contributed by atoms with Crippen LogP contribution in [0.25, 0.3) is 0 Å². The quantitative estimate of drug-likeness (QED) is 0.0486. The Hall–Kier alpha value is -6.34. The molecule has 11 nitrogen and oxygen atoms in total. The Bertz CT molecular complexity index is 2410. The van der Waals surface area contributed by atoms with Gasteiger partial charge in [0, 0.05) is 51.7 Å². The molecule has 0 saturated carbocycles. The van der Waals surface area contributed by atoms with Crippen LogP contribution in [0.5, 0.6) is 5.75 Å². The van der Waals surface area contributed by atoms with Gasteiger partial charge in [-0.3, -0.25) is 4.79 Å². The molecule has 2 amide bonds. The van der Waals surface area contributed by atoms with Crippen molar-refractivity contribution in [2.45, 2.75) is 50.8 Å². The molecule has 1 unspecified atom stereocenters. The number of amides is 2. The summed E-state index contributed by atoms with van der Waals surface area (Å²) >= 11 is 0. The number of anilines is 1. The van der Waals surface area contributed by atoms with Crippen LogP contribution in [-0.2, 0) is 58.6 Å². The number of piperidine rings is 1. The van der Waals surface area contributed by atoms with E-state index in [1.807, 2.05) is 103 Å². The van der Waals surface area contributed by atoms with E-state index in [0.29, 0.717) is 57.4 Å². The molecule has 2 heterocycles. The van der Waals surface area contributed by atoms with Crippen LogP contribution in [0, 0.1) is 11.8 Å². The summed E-state index contributed by atoms with van der Waals surface area (Å²) < 4.78 is 43.3. The largest absolute Gasteiger partial charge is 0.482 e. The van der Waals surface area contributed by atoms with E-state index in [4.69, 9.17) is 33.2 Å². The van der Waals surface area contributed by atoms with Crippen molar-refractivity contribution in [3.8, 4) is 5.75 Å². The lowest BCUT2D eigenvalue weighted by Crippen LogP contribution is -2.53. The van der Waals surface area contributed by atoms with Crippen molar-refractivity contribution in [2.24, 2.45) is 11.8 Å². The molecule has 2 aliphatic rings. The molecular formula is C58H64N2O9. The average Bonchev–Trinajstić information content (AvgIpc) is 3.39. The average molecular weight is 933 g/mol. The SMILES string of the molecule is COCCCN1C(=O)COc2ccc(CO[C@H]3CN(C(=O)OCc4ccccc4)C[C@@H](COC(c4ccccc4)(c4ccccc4)c4ccccc4)[C@@H]3c3ccc(COCC(C)COC)cc3)cc21. The molecule has 69 heavy (non-hydrogen) atoms. The first-order valence-electron chi connectivity index (χ1n) is 23.9. The maximum Gasteiger partial charge on any atom is 0.410 e. The van der Waals surface area contributed by atoms with Crippen molar-refractivity contribution in [3.63, 3.8) is 0 Å². The van der Waals surface area contributed by atoms with Crippen molar-refractivity contribution in [3.05, 3.63) is 203 Å². The van der Waals surface area contributed by atoms with E-state index in [-0.39, 0.29) is 56.6 Å². The monoisotopic (exact) mass is 932 g/mol. The van der Waals surface area contributed by atoms with Gasteiger partial charge in [-0.15, -0.1) is 0 Å². The number of ether oxygens (including phenoxy) is 7. The van der Waals surface area contributed by atoms with Gasteiger partial charge >= 0.3 is 6.09 Å². The minimum atomic E-state index is -1.00. The van der Waals surface area contributed by atoms with Gasteiger partial charge in [0.15, 0.2) is 6.61 Å². The van der Waals surface area contributed by atoms with Crippen molar-refractivity contribution < 1.29 is 42.7 Å². The van der Waals surface area contributed by atoms with Gasteiger partial charge in [0.2, 0.25) is 0 Å². The van der Waals surface area contributed by atoms with Crippen molar-refractivity contribution in [1.29, 1.82) is 0 Å². The van der Waals surface area contributed by atoms with Crippen molar-refractivity contribution >= 4 is 17.7 Å². The van der Waals surface area contributed by atoms with Gasteiger partial charge in [-0.1, -0.05) is 159 Å². The second-order valence-corrected chi connectivity index (χ2v) is 18.0. The highest BCUT2D eigenvalue weighted by atomic mass is 16.6. The lowest BCUT2D eigenvalue weighted by Gasteiger charge is -2.45. The maximum atomic E-state index is 14.3. The van der Waals surface area contributed by atoms with Gasteiger partial charge in [-0.2, -0.15) is 0 Å². The molecule has 1 saturated heterocycles. The number of nitrogens with zero attached hydrogens (tertiary/aromatic N) is 2. The second-order valence-electron chi connectivity index (χ2n) is 18.0. The summed E-state index contributed by atoms with van der Waals surface area (Å²) in [6.45, 7) is 6.03. The fourth-order valence-corrected chi connectivity index (χ4v) is 9.56. The Balaban J connectivity index is 1.16. The van der Waals surface area contributed by atoms with Crippen LogP contribution >= 0.6 is 0 Å². The molecule has 0 spiro atoms. The van der Waals surface area contributed by atoms with Gasteiger partial charge in [-0.25, -0.2) is 4.79 Å². The van der Waals surface area contributed by atoms with Crippen LogP contribution in [0.3, 0.4) is 0 Å². The van der Waals surface area contributed by atoms with Crippen molar-refractivity contribution in [2.75, 3.05) is 71.8 Å². The second kappa shape index (κ2) is 24.3. The van der Waals surface area contributed by atoms with E-state index in [1.54, 1.807) is 24.0 Å². The van der Waals surface area contributed by atoms with Gasteiger partial charge in [0.25, 0.3) is 5.91 Å². The topological polar surface area (TPSA) is 105 Å². The number of hydrogen-bond acceptors (Lipinski definition) is 9. The highest BCUT2D eigenvalue weighted by Crippen LogP contribution is 2.44. The zero-order valence-electron chi connectivity index (χ0n) is 40.0. The Morgan fingerprint density at radius 3 is 1.93 bits per heavy atom. The summed E-state index contributed by atoms with van der Waals surface area (Å²) in [5, 5.41) is 0. The molecule has 4 atom stereocenters. The molecule has 0 radical (unpaired) electrons. The first-order valence-corrected chi connectivity index (χ1v) is 23.9. The predicted molar refractivity (Wildman–Crippen MR) is 266 cm³/mol. The molecule has 0 N–H and O–H groups in total. The molecule has 360 valence electrons. The third-order valence-corrected chi connectivity index (χ3v) is 12.9. The van der Waals surface area contributed by atoms with Gasteiger partial charge in [0.1, 0.15) is 18.0 Å². The Labute approximate surface area is 406 Å². The molecule has 0 aliphatic carbocycles. The smallest absolute Gasteiger partial charge is 0.410 e. The number of methoxy groups -OCH3 is 2. The fourth-order valence-electron chi connectivity index (χ4n) is 9.56. The zero-order valence-corrected chi connectivity index (χ0v) is 40.0. The first-order chi connectivity index (χ1) is 33.9. The third kappa shape index (κ3) is 12.3. The molecule has 2 aliphatic heterocycles. The number of rotatable bonds is 22. The Morgan fingerprint density at radius 2 is 1.30 bits per heavy atom. The van der Waals surface area contributed by atoms with Crippen LogP contribution < -0.4 is 9.64 Å². The molecule has 0 bridgehead atoms. The number of carbonyl (C=O) groups excluding carboxylic acids is 2. The molecule has 8 rings (SSSR count). The van der Waals surface area contributed by atoms with E-state index < -0.39 is 17.8 Å². The van der Waals surface area contributed by atoms with E-state index in [9.17, 15) is 9.59 Å². The van der Waals surface area contributed by atoms with Crippen LogP contribution in [0.15, 0.2) is 164 Å². The minimum absolute atomic E-state index is 0.0167. The number of benzene rings is 6. The van der Waals surface area contributed by atoms with Gasteiger partial charge < -0.3 is 43.0 Å². The lowest BCUT2D eigenvalue weighted by atomic mass is 9.77. The Kier molecular flexibility index (Phi) is 17.3.